The number of thioether (sulfide) groups is 1. The van der Waals surface area contributed by atoms with E-state index < -0.39 is 0 Å². The smallest absolute Gasteiger partial charge is 0.225 e. The number of amides is 1. The first-order valence-electron chi connectivity index (χ1n) is 9.98. The number of anilines is 2. The fourth-order valence-corrected chi connectivity index (χ4v) is 4.37. The van der Waals surface area contributed by atoms with Gasteiger partial charge in [-0.3, -0.25) is 4.79 Å². The zero-order chi connectivity index (χ0) is 24.0. The molecule has 0 radical (unpaired) electrons. The van der Waals surface area contributed by atoms with Gasteiger partial charge >= 0.3 is 0 Å². The minimum absolute atomic E-state index is 0.0498. The molecule has 0 saturated carbocycles. The van der Waals surface area contributed by atoms with Gasteiger partial charge in [-0.25, -0.2) is 4.98 Å². The molecule has 0 unspecified atom stereocenters. The summed E-state index contributed by atoms with van der Waals surface area (Å²) in [6, 6.07) is 16.7. The third kappa shape index (κ3) is 5.77. The number of nitrogen functional groups attached to an aromatic ring is 1. The molecule has 0 aliphatic carbocycles. The second kappa shape index (κ2) is 11.1. The molecule has 0 atom stereocenters. The van der Waals surface area contributed by atoms with Crippen LogP contribution in [0, 0.1) is 22.7 Å². The first kappa shape index (κ1) is 24.4. The van der Waals surface area contributed by atoms with Crippen molar-refractivity contribution in [2.45, 2.75) is 24.8 Å². The Labute approximate surface area is 206 Å². The number of nitriles is 2. The van der Waals surface area contributed by atoms with Crippen LogP contribution in [0.25, 0.3) is 11.1 Å². The molecule has 2 aromatic carbocycles. The van der Waals surface area contributed by atoms with Crippen LogP contribution >= 0.6 is 35.0 Å². The summed E-state index contributed by atoms with van der Waals surface area (Å²) in [5.74, 6) is 0.180. The minimum atomic E-state index is -0.226. The molecule has 1 heterocycles. The van der Waals surface area contributed by atoms with Gasteiger partial charge in [-0.2, -0.15) is 10.5 Å². The van der Waals surface area contributed by atoms with Crippen LogP contribution in [0.15, 0.2) is 47.5 Å². The molecule has 1 aromatic heterocycles. The Balaban J connectivity index is 1.81. The fraction of sp³-hybridized carbons (Fsp3) is 0.167. The van der Waals surface area contributed by atoms with Crippen molar-refractivity contribution in [3.05, 3.63) is 69.2 Å². The van der Waals surface area contributed by atoms with E-state index in [0.29, 0.717) is 37.6 Å². The monoisotopic (exact) mass is 495 g/mol. The van der Waals surface area contributed by atoms with E-state index in [-0.39, 0.29) is 29.3 Å². The Morgan fingerprint density at radius 1 is 1.09 bits per heavy atom. The number of rotatable bonds is 7. The van der Waals surface area contributed by atoms with E-state index in [1.54, 1.807) is 18.2 Å². The Morgan fingerprint density at radius 3 is 2.39 bits per heavy atom. The molecule has 0 saturated heterocycles. The topological polar surface area (TPSA) is 116 Å². The van der Waals surface area contributed by atoms with E-state index in [1.165, 1.54) is 11.8 Å². The van der Waals surface area contributed by atoms with Crippen LogP contribution in [0.5, 0.6) is 0 Å². The largest absolute Gasteiger partial charge is 0.383 e. The van der Waals surface area contributed by atoms with Crippen LogP contribution in [0.2, 0.25) is 10.0 Å². The summed E-state index contributed by atoms with van der Waals surface area (Å²) in [5, 5.41) is 23.4. The van der Waals surface area contributed by atoms with Gasteiger partial charge < -0.3 is 11.1 Å². The standard InChI is InChI=1S/C24H19Cl2N5OS/c1-2-14-3-5-15(6-4-14)22-17(12-27)23(29)31-24(18(22)13-28)33-10-9-21(32)30-16-7-8-19(25)20(26)11-16/h3-8,11H,2,9-10H2,1H3,(H2,29,31)(H,30,32). The van der Waals surface area contributed by atoms with E-state index in [9.17, 15) is 15.3 Å². The van der Waals surface area contributed by atoms with Crippen molar-refractivity contribution < 1.29 is 4.79 Å². The fourth-order valence-electron chi connectivity index (χ4n) is 3.14. The average Bonchev–Trinajstić information content (AvgIpc) is 2.81. The molecule has 33 heavy (non-hydrogen) atoms. The van der Waals surface area contributed by atoms with Gasteiger partial charge in [0.2, 0.25) is 5.91 Å². The molecule has 0 aliphatic rings. The van der Waals surface area contributed by atoms with Gasteiger partial charge in [-0.05, 0) is 35.7 Å². The number of nitrogens with one attached hydrogen (secondary N) is 1. The predicted molar refractivity (Wildman–Crippen MR) is 133 cm³/mol. The Hall–Kier alpha value is -3.23. The van der Waals surface area contributed by atoms with Crippen molar-refractivity contribution in [2.75, 3.05) is 16.8 Å². The van der Waals surface area contributed by atoms with E-state index >= 15 is 0 Å². The maximum Gasteiger partial charge on any atom is 0.225 e. The molecule has 0 fully saturated rings. The number of hydrogen-bond acceptors (Lipinski definition) is 6. The number of nitrogens with zero attached hydrogens (tertiary/aromatic N) is 3. The van der Waals surface area contributed by atoms with Crippen LogP contribution in [-0.4, -0.2) is 16.6 Å². The van der Waals surface area contributed by atoms with Crippen LogP contribution in [0.3, 0.4) is 0 Å². The predicted octanol–water partition coefficient (Wildman–Crippen LogP) is 6.06. The molecule has 166 valence electrons. The van der Waals surface area contributed by atoms with Crippen molar-refractivity contribution in [3.8, 4) is 23.3 Å². The van der Waals surface area contributed by atoms with Crippen molar-refractivity contribution in [1.82, 2.24) is 4.98 Å². The summed E-state index contributed by atoms with van der Waals surface area (Å²) in [4.78, 5) is 16.6. The number of aryl methyl sites for hydroxylation is 1. The number of carbonyl (C=O) groups is 1. The van der Waals surface area contributed by atoms with Crippen molar-refractivity contribution in [3.63, 3.8) is 0 Å². The lowest BCUT2D eigenvalue weighted by molar-refractivity contribution is -0.115. The molecular weight excluding hydrogens is 477 g/mol. The zero-order valence-corrected chi connectivity index (χ0v) is 20.0. The van der Waals surface area contributed by atoms with Gasteiger partial charge in [-0.1, -0.05) is 54.4 Å². The highest BCUT2D eigenvalue weighted by Gasteiger charge is 2.20. The maximum absolute atomic E-state index is 12.3. The lowest BCUT2D eigenvalue weighted by atomic mass is 9.96. The second-order valence-electron chi connectivity index (χ2n) is 6.98. The molecule has 1 amide bonds. The van der Waals surface area contributed by atoms with Gasteiger partial charge in [0.05, 0.1) is 15.6 Å². The van der Waals surface area contributed by atoms with Crippen molar-refractivity contribution in [1.29, 1.82) is 10.5 Å². The van der Waals surface area contributed by atoms with Gasteiger partial charge in [0, 0.05) is 23.4 Å². The van der Waals surface area contributed by atoms with Crippen molar-refractivity contribution in [2.24, 2.45) is 0 Å². The van der Waals surface area contributed by atoms with E-state index in [4.69, 9.17) is 28.9 Å². The molecule has 0 spiro atoms. The number of aromatic nitrogens is 1. The zero-order valence-electron chi connectivity index (χ0n) is 17.7. The molecule has 3 rings (SSSR count). The van der Waals surface area contributed by atoms with E-state index in [0.717, 1.165) is 12.0 Å². The molecule has 0 aliphatic heterocycles. The number of hydrogen-bond donors (Lipinski definition) is 2. The highest BCUT2D eigenvalue weighted by molar-refractivity contribution is 7.99. The van der Waals surface area contributed by atoms with Crippen LogP contribution < -0.4 is 11.1 Å². The van der Waals surface area contributed by atoms with Crippen LogP contribution in [-0.2, 0) is 11.2 Å². The SMILES string of the molecule is CCc1ccc(-c2c(C#N)c(N)nc(SCCC(=O)Nc3ccc(Cl)c(Cl)c3)c2C#N)cc1. The van der Waals surface area contributed by atoms with E-state index in [2.05, 4.69) is 22.4 Å². The normalized spacial score (nSPS) is 10.3. The summed E-state index contributed by atoms with van der Waals surface area (Å²) < 4.78 is 0. The summed E-state index contributed by atoms with van der Waals surface area (Å²) in [7, 11) is 0. The van der Waals surface area contributed by atoms with Gasteiger partial charge in [0.1, 0.15) is 28.5 Å². The third-order valence-electron chi connectivity index (χ3n) is 4.84. The van der Waals surface area contributed by atoms with Crippen LogP contribution in [0.4, 0.5) is 11.5 Å². The second-order valence-corrected chi connectivity index (χ2v) is 8.87. The Morgan fingerprint density at radius 2 is 1.79 bits per heavy atom. The molecular formula is C24H19Cl2N5OS. The third-order valence-corrected chi connectivity index (χ3v) is 6.55. The maximum atomic E-state index is 12.3. The van der Waals surface area contributed by atoms with Crippen molar-refractivity contribution >= 4 is 52.4 Å². The van der Waals surface area contributed by atoms with Gasteiger partial charge in [0.15, 0.2) is 0 Å². The molecule has 3 N–H and O–H groups in total. The number of nitrogens with two attached hydrogens (primary N) is 1. The molecule has 0 bridgehead atoms. The number of carbonyl (C=O) groups excluding carboxylic acids is 1. The molecule has 3 aromatic rings. The first-order valence-corrected chi connectivity index (χ1v) is 11.7. The van der Waals surface area contributed by atoms with Gasteiger partial charge in [-0.15, -0.1) is 11.8 Å². The van der Waals surface area contributed by atoms with Crippen LogP contribution in [0.1, 0.15) is 30.0 Å². The summed E-state index contributed by atoms with van der Waals surface area (Å²) >= 11 is 13.1. The Bertz CT molecular complexity index is 1280. The lowest BCUT2D eigenvalue weighted by Crippen LogP contribution is -2.12. The number of halogens is 2. The minimum Gasteiger partial charge on any atom is -0.383 e. The highest BCUT2D eigenvalue weighted by Crippen LogP contribution is 2.36. The first-order chi connectivity index (χ1) is 15.9. The summed E-state index contributed by atoms with van der Waals surface area (Å²) in [6.45, 7) is 2.05. The van der Waals surface area contributed by atoms with Gasteiger partial charge in [0.25, 0.3) is 0 Å². The molecule has 6 nitrogen and oxygen atoms in total. The summed E-state index contributed by atoms with van der Waals surface area (Å²) in [6.07, 6.45) is 1.04. The number of pyridine rings is 1. The lowest BCUT2D eigenvalue weighted by Gasteiger charge is -2.13. The summed E-state index contributed by atoms with van der Waals surface area (Å²) in [5.41, 5.74) is 9.33. The van der Waals surface area contributed by atoms with E-state index in [1.807, 2.05) is 31.2 Å². The molecule has 9 heteroatoms. The average molecular weight is 496 g/mol. The number of benzene rings is 2. The quantitative estimate of drug-likeness (QED) is 0.384. The highest BCUT2D eigenvalue weighted by atomic mass is 35.5. The Kier molecular flexibility index (Phi) is 8.19.